The normalized spacial score (nSPS) is 19.5. The molecule has 1 atom stereocenters. The van der Waals surface area contributed by atoms with E-state index in [0.29, 0.717) is 0 Å². The monoisotopic (exact) mass is 214 g/mol. The van der Waals surface area contributed by atoms with Crippen molar-refractivity contribution >= 4 is 17.8 Å². The second-order valence-electron chi connectivity index (χ2n) is 2.60. The summed E-state index contributed by atoms with van der Waals surface area (Å²) < 4.78 is 8.86. The van der Waals surface area contributed by atoms with E-state index in [9.17, 15) is 9.59 Å². The van der Waals surface area contributed by atoms with Crippen molar-refractivity contribution in [2.24, 2.45) is 15.3 Å². The predicted octanol–water partition coefficient (Wildman–Crippen LogP) is -0.630. The summed E-state index contributed by atoms with van der Waals surface area (Å²) in [6.07, 6.45) is -0.955. The molecule has 1 rings (SSSR count). The zero-order valence-electron chi connectivity index (χ0n) is 8.50. The van der Waals surface area contributed by atoms with Crippen LogP contribution in [0, 0.1) is 0 Å². The quantitative estimate of drug-likeness (QED) is 0.570. The van der Waals surface area contributed by atoms with Crippen molar-refractivity contribution in [3.8, 4) is 0 Å². The zero-order chi connectivity index (χ0) is 11.4. The summed E-state index contributed by atoms with van der Waals surface area (Å²) in [4.78, 5) is 22.1. The van der Waals surface area contributed by atoms with Gasteiger partial charge in [-0.2, -0.15) is 0 Å². The van der Waals surface area contributed by atoms with E-state index in [1.807, 2.05) is 0 Å². The minimum Gasteiger partial charge on any atom is -0.466 e. The molecule has 15 heavy (non-hydrogen) atoms. The number of hydrazone groups is 1. The van der Waals surface area contributed by atoms with Gasteiger partial charge >= 0.3 is 11.9 Å². The van der Waals surface area contributed by atoms with Gasteiger partial charge in [-0.3, -0.25) is 5.01 Å². The highest BCUT2D eigenvalue weighted by atomic mass is 16.5. The summed E-state index contributed by atoms with van der Waals surface area (Å²) in [6.45, 7) is 0. The van der Waals surface area contributed by atoms with Crippen LogP contribution in [0.3, 0.4) is 0 Å². The van der Waals surface area contributed by atoms with Crippen LogP contribution in [0.2, 0.25) is 0 Å². The third-order valence-corrected chi connectivity index (χ3v) is 1.65. The van der Waals surface area contributed by atoms with Gasteiger partial charge in [0.1, 0.15) is 0 Å². The first-order valence-corrected chi connectivity index (χ1v) is 3.98. The number of amidine groups is 1. The maximum absolute atomic E-state index is 11.1. The fourth-order valence-electron chi connectivity index (χ4n) is 0.886. The van der Waals surface area contributed by atoms with Crippen molar-refractivity contribution in [1.29, 1.82) is 0 Å². The van der Waals surface area contributed by atoms with E-state index < -0.39 is 18.1 Å². The Balaban J connectivity index is 2.79. The van der Waals surface area contributed by atoms with Crippen molar-refractivity contribution < 1.29 is 19.1 Å². The van der Waals surface area contributed by atoms with Crippen molar-refractivity contribution in [3.63, 3.8) is 0 Å². The van der Waals surface area contributed by atoms with Gasteiger partial charge in [0.15, 0.2) is 0 Å². The molecule has 0 aliphatic carbocycles. The number of esters is 2. The van der Waals surface area contributed by atoms with Gasteiger partial charge in [0, 0.05) is 7.05 Å². The highest BCUT2D eigenvalue weighted by Crippen LogP contribution is 2.09. The highest BCUT2D eigenvalue weighted by molar-refractivity contribution is 6.35. The van der Waals surface area contributed by atoms with Gasteiger partial charge in [0.25, 0.3) is 12.0 Å². The average Bonchev–Trinajstić information content (AvgIpc) is 2.26. The van der Waals surface area contributed by atoms with Gasteiger partial charge in [0.2, 0.25) is 0 Å². The standard InChI is InChI=1S/C7H10N4O4/c1-11-5(7(13)15-3)9-8-4(10-11)6(12)14-2/h5H,1-3H3. The topological polar surface area (TPSA) is 92.9 Å². The van der Waals surface area contributed by atoms with Gasteiger partial charge < -0.3 is 9.47 Å². The van der Waals surface area contributed by atoms with E-state index in [1.54, 1.807) is 0 Å². The van der Waals surface area contributed by atoms with Crippen molar-refractivity contribution in [2.75, 3.05) is 21.3 Å². The smallest absolute Gasteiger partial charge is 0.379 e. The number of likely N-dealkylation sites (N-methyl/N-ethyl adjacent to an activating group) is 1. The minimum absolute atomic E-state index is 0.208. The second-order valence-corrected chi connectivity index (χ2v) is 2.60. The van der Waals surface area contributed by atoms with Crippen molar-refractivity contribution in [2.45, 2.75) is 6.17 Å². The Morgan fingerprint density at radius 1 is 1.33 bits per heavy atom. The van der Waals surface area contributed by atoms with E-state index >= 15 is 0 Å². The van der Waals surface area contributed by atoms with E-state index in [1.165, 1.54) is 26.3 Å². The van der Waals surface area contributed by atoms with Crippen LogP contribution in [-0.2, 0) is 19.1 Å². The lowest BCUT2D eigenvalue weighted by molar-refractivity contribution is -0.146. The lowest BCUT2D eigenvalue weighted by Crippen LogP contribution is -2.38. The SMILES string of the molecule is COC(=O)C1=NN(C)C(C(=O)OC)N=N1. The van der Waals surface area contributed by atoms with Gasteiger partial charge in [-0.15, -0.1) is 15.3 Å². The average molecular weight is 214 g/mol. The third kappa shape index (κ3) is 2.27. The lowest BCUT2D eigenvalue weighted by Gasteiger charge is -2.21. The molecule has 0 aromatic rings. The number of hydrogen-bond donors (Lipinski definition) is 0. The molecule has 0 aromatic heterocycles. The molecule has 0 N–H and O–H groups in total. The molecule has 1 heterocycles. The number of nitrogens with zero attached hydrogens (tertiary/aromatic N) is 4. The molecule has 0 saturated carbocycles. The first-order valence-electron chi connectivity index (χ1n) is 3.98. The minimum atomic E-state index is -0.955. The molecule has 0 amide bonds. The van der Waals surface area contributed by atoms with E-state index in [-0.39, 0.29) is 5.84 Å². The zero-order valence-corrected chi connectivity index (χ0v) is 8.50. The molecule has 0 fully saturated rings. The molecule has 1 aliphatic heterocycles. The number of azo groups is 1. The number of methoxy groups -OCH3 is 2. The number of hydrogen-bond acceptors (Lipinski definition) is 8. The van der Waals surface area contributed by atoms with Crippen LogP contribution in [-0.4, -0.2) is 50.2 Å². The molecule has 82 valence electrons. The molecule has 0 spiro atoms. The fraction of sp³-hybridized carbons (Fsp3) is 0.571. The van der Waals surface area contributed by atoms with Crippen LogP contribution >= 0.6 is 0 Å². The molecular formula is C7H10N4O4. The Bertz CT molecular complexity index is 338. The molecule has 1 unspecified atom stereocenters. The van der Waals surface area contributed by atoms with Gasteiger partial charge in [-0.25, -0.2) is 9.59 Å². The van der Waals surface area contributed by atoms with Crippen LogP contribution in [0.5, 0.6) is 0 Å². The summed E-state index contributed by atoms with van der Waals surface area (Å²) in [7, 11) is 3.90. The van der Waals surface area contributed by atoms with Crippen LogP contribution in [0.1, 0.15) is 0 Å². The summed E-state index contributed by atoms with van der Waals surface area (Å²) in [5.74, 6) is -1.53. The Kier molecular flexibility index (Phi) is 3.32. The summed E-state index contributed by atoms with van der Waals surface area (Å²) >= 11 is 0. The maximum Gasteiger partial charge on any atom is 0.379 e. The number of ether oxygens (including phenoxy) is 2. The van der Waals surface area contributed by atoms with Gasteiger partial charge in [-0.1, -0.05) is 0 Å². The molecule has 0 bridgehead atoms. The van der Waals surface area contributed by atoms with Crippen molar-refractivity contribution in [1.82, 2.24) is 5.01 Å². The van der Waals surface area contributed by atoms with Crippen LogP contribution < -0.4 is 0 Å². The van der Waals surface area contributed by atoms with E-state index in [2.05, 4.69) is 24.8 Å². The molecule has 8 nitrogen and oxygen atoms in total. The predicted molar refractivity (Wildman–Crippen MR) is 47.9 cm³/mol. The first-order chi connectivity index (χ1) is 7.10. The molecule has 0 radical (unpaired) electrons. The van der Waals surface area contributed by atoms with Crippen LogP contribution in [0.4, 0.5) is 0 Å². The Morgan fingerprint density at radius 2 is 2.00 bits per heavy atom. The van der Waals surface area contributed by atoms with Gasteiger partial charge in [-0.05, 0) is 0 Å². The molecule has 1 aliphatic rings. The van der Waals surface area contributed by atoms with Crippen LogP contribution in [0.15, 0.2) is 15.3 Å². The number of rotatable bonds is 2. The second kappa shape index (κ2) is 4.49. The van der Waals surface area contributed by atoms with Gasteiger partial charge in [0.05, 0.1) is 14.2 Å². The third-order valence-electron chi connectivity index (χ3n) is 1.65. The summed E-state index contributed by atoms with van der Waals surface area (Å²) in [5.41, 5.74) is 0. The highest BCUT2D eigenvalue weighted by Gasteiger charge is 2.28. The van der Waals surface area contributed by atoms with Crippen LogP contribution in [0.25, 0.3) is 0 Å². The number of carbonyl (C=O) groups is 2. The largest absolute Gasteiger partial charge is 0.466 e. The number of carbonyl (C=O) groups excluding carboxylic acids is 2. The van der Waals surface area contributed by atoms with E-state index in [0.717, 1.165) is 0 Å². The fourth-order valence-corrected chi connectivity index (χ4v) is 0.886. The molecular weight excluding hydrogens is 204 g/mol. The summed E-state index contributed by atoms with van der Waals surface area (Å²) in [6, 6.07) is 0. The molecule has 8 heteroatoms. The maximum atomic E-state index is 11.1. The first kappa shape index (κ1) is 11.1. The molecule has 0 aromatic carbocycles. The Hall–Kier alpha value is -1.99. The van der Waals surface area contributed by atoms with Crippen molar-refractivity contribution in [3.05, 3.63) is 0 Å². The molecule has 0 saturated heterocycles. The lowest BCUT2D eigenvalue weighted by atomic mass is 10.5. The Morgan fingerprint density at radius 3 is 2.47 bits per heavy atom. The Labute approximate surface area is 85.5 Å². The van der Waals surface area contributed by atoms with E-state index in [4.69, 9.17) is 0 Å². The summed E-state index contributed by atoms with van der Waals surface area (Å²) in [5, 5.41) is 11.9.